The van der Waals surface area contributed by atoms with Gasteiger partial charge in [0, 0.05) is 19.6 Å². The van der Waals surface area contributed by atoms with Gasteiger partial charge in [0.2, 0.25) is 5.91 Å². The molecule has 0 aliphatic rings. The molecule has 0 aromatic carbocycles. The third-order valence-electron chi connectivity index (χ3n) is 4.31. The Balaban J connectivity index is 2.10. The van der Waals surface area contributed by atoms with E-state index < -0.39 is 0 Å². The Morgan fingerprint density at radius 2 is 2.08 bits per heavy atom. The van der Waals surface area contributed by atoms with Gasteiger partial charge < -0.3 is 10.2 Å². The summed E-state index contributed by atoms with van der Waals surface area (Å²) in [5.74, 6) is -0.207. The summed E-state index contributed by atoms with van der Waals surface area (Å²) < 4.78 is 2.85. The third kappa shape index (κ3) is 3.81. The first-order valence-corrected chi connectivity index (χ1v) is 7.93. The van der Waals surface area contributed by atoms with Crippen molar-refractivity contribution in [2.24, 2.45) is 12.5 Å². The standard InChI is InChI=1S/C16H26N6O2/c1-11(16(2,3)9-20(4)5)19-13(23)8-22-10-17-14-12(15(22)24)7-18-21(14)6/h7,10-11H,8-9H2,1-6H3,(H,19,23). The van der Waals surface area contributed by atoms with Crippen LogP contribution in [0.1, 0.15) is 20.8 Å². The zero-order valence-corrected chi connectivity index (χ0v) is 15.2. The molecule has 2 rings (SSSR count). The minimum Gasteiger partial charge on any atom is -0.352 e. The first-order chi connectivity index (χ1) is 11.1. The summed E-state index contributed by atoms with van der Waals surface area (Å²) in [6.45, 7) is 6.98. The zero-order valence-electron chi connectivity index (χ0n) is 15.2. The molecule has 0 spiro atoms. The van der Waals surface area contributed by atoms with E-state index in [2.05, 4.69) is 34.1 Å². The van der Waals surface area contributed by atoms with Crippen LogP contribution in [0.2, 0.25) is 0 Å². The molecule has 0 radical (unpaired) electrons. The highest BCUT2D eigenvalue weighted by Crippen LogP contribution is 2.21. The second-order valence-corrected chi connectivity index (χ2v) is 7.20. The van der Waals surface area contributed by atoms with Crippen LogP contribution in [0.25, 0.3) is 11.0 Å². The lowest BCUT2D eigenvalue weighted by Gasteiger charge is -2.34. The molecule has 0 fully saturated rings. The van der Waals surface area contributed by atoms with Crippen LogP contribution in [0.5, 0.6) is 0 Å². The van der Waals surface area contributed by atoms with Gasteiger partial charge in [-0.3, -0.25) is 18.8 Å². The van der Waals surface area contributed by atoms with E-state index in [9.17, 15) is 9.59 Å². The number of hydrogen-bond donors (Lipinski definition) is 1. The van der Waals surface area contributed by atoms with Gasteiger partial charge in [0.05, 0.1) is 6.20 Å². The van der Waals surface area contributed by atoms with Crippen molar-refractivity contribution in [1.29, 1.82) is 0 Å². The van der Waals surface area contributed by atoms with Crippen molar-refractivity contribution in [3.05, 3.63) is 22.9 Å². The molecule has 0 aliphatic carbocycles. The second-order valence-electron chi connectivity index (χ2n) is 7.20. The molecule has 0 saturated carbocycles. The molecule has 8 heteroatoms. The normalized spacial score (nSPS) is 13.5. The topological polar surface area (TPSA) is 85.0 Å². The van der Waals surface area contributed by atoms with Crippen molar-refractivity contribution in [1.82, 2.24) is 29.5 Å². The molecule has 0 saturated heterocycles. The molecule has 132 valence electrons. The summed E-state index contributed by atoms with van der Waals surface area (Å²) in [5, 5.41) is 7.41. The summed E-state index contributed by atoms with van der Waals surface area (Å²) in [6, 6.07) is -0.0295. The summed E-state index contributed by atoms with van der Waals surface area (Å²) in [4.78, 5) is 31.0. The van der Waals surface area contributed by atoms with Crippen LogP contribution in [0.4, 0.5) is 0 Å². The Morgan fingerprint density at radius 1 is 1.42 bits per heavy atom. The molecule has 24 heavy (non-hydrogen) atoms. The van der Waals surface area contributed by atoms with Crippen LogP contribution < -0.4 is 10.9 Å². The van der Waals surface area contributed by atoms with Crippen LogP contribution in [0, 0.1) is 5.41 Å². The molecule has 2 aromatic heterocycles. The average Bonchev–Trinajstić information content (AvgIpc) is 2.82. The number of nitrogens with one attached hydrogen (secondary N) is 1. The van der Waals surface area contributed by atoms with Gasteiger partial charge in [-0.1, -0.05) is 13.8 Å². The van der Waals surface area contributed by atoms with Crippen molar-refractivity contribution in [2.45, 2.75) is 33.4 Å². The average molecular weight is 334 g/mol. The number of aryl methyl sites for hydroxylation is 1. The smallest absolute Gasteiger partial charge is 0.264 e. The molecule has 0 aliphatic heterocycles. The molecule has 1 atom stereocenters. The summed E-state index contributed by atoms with van der Waals surface area (Å²) in [6.07, 6.45) is 2.86. The lowest BCUT2D eigenvalue weighted by atomic mass is 9.85. The molecule has 2 heterocycles. The number of aromatic nitrogens is 4. The summed E-state index contributed by atoms with van der Waals surface area (Å²) in [5.41, 5.74) is 0.163. The first kappa shape index (κ1) is 18.1. The van der Waals surface area contributed by atoms with E-state index >= 15 is 0 Å². The second kappa shape index (κ2) is 6.72. The van der Waals surface area contributed by atoms with Crippen LogP contribution in [0.3, 0.4) is 0 Å². The highest BCUT2D eigenvalue weighted by atomic mass is 16.2. The van der Waals surface area contributed by atoms with Crippen LogP contribution in [0.15, 0.2) is 17.3 Å². The Bertz CT molecular complexity index is 789. The summed E-state index contributed by atoms with van der Waals surface area (Å²) in [7, 11) is 5.73. The van der Waals surface area contributed by atoms with E-state index in [0.29, 0.717) is 11.0 Å². The summed E-state index contributed by atoms with van der Waals surface area (Å²) >= 11 is 0. The highest BCUT2D eigenvalue weighted by Gasteiger charge is 2.27. The minimum atomic E-state index is -0.261. The lowest BCUT2D eigenvalue weighted by Crippen LogP contribution is -2.48. The quantitative estimate of drug-likeness (QED) is 0.817. The minimum absolute atomic E-state index is 0.0295. The fraction of sp³-hybridized carbons (Fsp3) is 0.625. The number of carbonyl (C=O) groups is 1. The number of rotatable bonds is 6. The SMILES string of the molecule is CC(NC(=O)Cn1cnc2c(cnn2C)c1=O)C(C)(C)CN(C)C. The molecule has 2 aromatic rings. The van der Waals surface area contributed by atoms with Gasteiger partial charge >= 0.3 is 0 Å². The van der Waals surface area contributed by atoms with E-state index in [0.717, 1.165) is 6.54 Å². The van der Waals surface area contributed by atoms with E-state index in [1.54, 1.807) is 7.05 Å². The van der Waals surface area contributed by atoms with Crippen molar-refractivity contribution >= 4 is 16.9 Å². The molecule has 8 nitrogen and oxygen atoms in total. The number of fused-ring (bicyclic) bond motifs is 1. The number of nitrogens with zero attached hydrogens (tertiary/aromatic N) is 5. The van der Waals surface area contributed by atoms with Gasteiger partial charge in [-0.05, 0) is 26.4 Å². The maximum absolute atomic E-state index is 12.4. The van der Waals surface area contributed by atoms with Crippen LogP contribution >= 0.6 is 0 Å². The van der Waals surface area contributed by atoms with Crippen LogP contribution in [-0.2, 0) is 18.4 Å². The van der Waals surface area contributed by atoms with E-state index in [-0.39, 0.29) is 29.5 Å². The van der Waals surface area contributed by atoms with Gasteiger partial charge in [-0.25, -0.2) is 4.98 Å². The number of amides is 1. The van der Waals surface area contributed by atoms with Crippen molar-refractivity contribution in [3.8, 4) is 0 Å². The number of hydrogen-bond acceptors (Lipinski definition) is 5. The first-order valence-electron chi connectivity index (χ1n) is 7.93. The van der Waals surface area contributed by atoms with Gasteiger partial charge in [0.25, 0.3) is 5.56 Å². The lowest BCUT2D eigenvalue weighted by molar-refractivity contribution is -0.123. The van der Waals surface area contributed by atoms with E-state index in [4.69, 9.17) is 0 Å². The van der Waals surface area contributed by atoms with E-state index in [1.807, 2.05) is 21.0 Å². The van der Waals surface area contributed by atoms with E-state index in [1.165, 1.54) is 21.8 Å². The highest BCUT2D eigenvalue weighted by molar-refractivity contribution is 5.77. The largest absolute Gasteiger partial charge is 0.352 e. The fourth-order valence-corrected chi connectivity index (χ4v) is 2.77. The van der Waals surface area contributed by atoms with Crippen molar-refractivity contribution in [3.63, 3.8) is 0 Å². The maximum Gasteiger partial charge on any atom is 0.264 e. The Labute approximate surface area is 141 Å². The Kier molecular flexibility index (Phi) is 5.08. The van der Waals surface area contributed by atoms with Gasteiger partial charge in [-0.2, -0.15) is 5.10 Å². The third-order valence-corrected chi connectivity index (χ3v) is 4.31. The van der Waals surface area contributed by atoms with Crippen LogP contribution in [-0.4, -0.2) is 56.8 Å². The Hall–Kier alpha value is -2.22. The molecular weight excluding hydrogens is 308 g/mol. The molecule has 0 bridgehead atoms. The van der Waals surface area contributed by atoms with Gasteiger partial charge in [0.1, 0.15) is 18.3 Å². The zero-order chi connectivity index (χ0) is 18.1. The predicted octanol–water partition coefficient (Wildman–Crippen LogP) is 0.223. The Morgan fingerprint density at radius 3 is 2.71 bits per heavy atom. The van der Waals surface area contributed by atoms with Gasteiger partial charge in [0.15, 0.2) is 5.65 Å². The molecule has 1 unspecified atom stereocenters. The fourth-order valence-electron chi connectivity index (χ4n) is 2.77. The van der Waals surface area contributed by atoms with Gasteiger partial charge in [-0.15, -0.1) is 0 Å². The van der Waals surface area contributed by atoms with Crippen molar-refractivity contribution < 1.29 is 4.79 Å². The predicted molar refractivity (Wildman–Crippen MR) is 92.7 cm³/mol. The molecule has 1 N–H and O–H groups in total. The maximum atomic E-state index is 12.4. The number of carbonyl (C=O) groups excluding carboxylic acids is 1. The molecular formula is C16H26N6O2. The van der Waals surface area contributed by atoms with Crippen molar-refractivity contribution in [2.75, 3.05) is 20.6 Å². The monoisotopic (exact) mass is 334 g/mol. The molecule has 1 amide bonds.